The zero-order valence-electron chi connectivity index (χ0n) is 105. The van der Waals surface area contributed by atoms with Gasteiger partial charge in [0.1, 0.15) is 17.6 Å². The molecule has 144 heavy (non-hydrogen) atoms. The number of methoxy groups -OCH3 is 1. The summed E-state index contributed by atoms with van der Waals surface area (Å²) in [5, 5.41) is 21.5. The Morgan fingerprint density at radius 3 is 1.19 bits per heavy atom. The molecule has 6 amide bonds. The Hall–Kier alpha value is -3.62. The molecule has 5 aliphatic rings. The highest BCUT2D eigenvalue weighted by molar-refractivity contribution is 8.77. The topological polar surface area (TPSA) is 290 Å². The summed E-state index contributed by atoms with van der Waals surface area (Å²) in [6.07, 6.45) is 13.8. The van der Waals surface area contributed by atoms with Gasteiger partial charge in [0, 0.05) is 131 Å². The predicted molar refractivity (Wildman–Crippen MR) is 638 cm³/mol. The summed E-state index contributed by atoms with van der Waals surface area (Å²) in [6, 6.07) is 1.34. The summed E-state index contributed by atoms with van der Waals surface area (Å²) in [5.74, 6) is 2.95. The third-order valence-electron chi connectivity index (χ3n) is 18.7. The molecule has 852 valence electrons. The van der Waals surface area contributed by atoms with Crippen molar-refractivity contribution < 1.29 is 48.0 Å². The first-order valence-corrected chi connectivity index (χ1v) is 58.9. The van der Waals surface area contributed by atoms with Gasteiger partial charge in [-0.15, -0.1) is 40.4 Å². The highest BCUT2D eigenvalue weighted by Crippen LogP contribution is 2.44. The van der Waals surface area contributed by atoms with Gasteiger partial charge in [0.25, 0.3) is 5.91 Å². The van der Waals surface area contributed by atoms with Crippen molar-refractivity contribution in [2.24, 2.45) is 59.4 Å². The SMILES string of the molecule is CC.CC(C)(C)C.CC(C)(C)N1NNC2CCCCCCC21.CC(C)(C)N=C(N)CCSC1CC(=O)N(C(C)(C)C)C1=O.CC(C)(C)NC(=O)CON=C(C(C)(C)C)C(C)(C)C.CC(C)(C)ON=C(C(C)(C)C)C(C)(C)C.CC(C)(C)SC1CC(=O)N(C(C)(C)C)C1=O.CC(C)(C)SSC(C)(C)C.CC(C)(C)n1ccnn1.CC(C)C.CC(C)SCC(=O)C(C)(C)C.COC1CC(SC(C)(C)C)C(=O)N1C(C)(C)C. The largest absolute Gasteiger partial charge is 0.390 e. The number of carbonyl (C=O) groups excluding carboxylic acids is 7. The average Bonchev–Trinajstić information content (AvgIpc) is 1.67. The minimum atomic E-state index is -0.448. The normalized spacial score (nSPS) is 18.9. The maximum atomic E-state index is 12.4. The molecule has 5 fully saturated rings. The molecule has 24 nitrogen and oxygen atoms in total. The number of Topliss-reactive ketones (excluding diaryl/α,β-unsaturated/α-hetero) is 1. The monoisotopic (exact) mass is 2150 g/mol. The van der Waals surface area contributed by atoms with Gasteiger partial charge in [0.15, 0.2) is 6.61 Å². The standard InChI is InChI=1S/C15H27N3O2S.C15H30N2O2.C13H25NO2S.C13H27NO.C12H25N3.C12H21NO2S.C9H18OS.C8H18S2.C6H11N3.C5H12.C4H10.C2H6/c1-14(2,3)17-11(16)7-8-21-10-9-12(19)18(13(10)20)15(4,5)6;1-13(2,3)12(14(4,5)6)17-19-10-11(18)16-15(7,8)9;1-12(2,3)14-10(16-7)8-9(11(14)15)17-13(4,5)6;1-11(2,3)10(12(4,5)6)14-15-13(7,8)9;1-12(2,3)15-11-9-7-5-4-6-8-10(11)13-14-15;1-11(2,3)13-9(14)7-8(10(13)15)16-12(4,5)6;1-7(2)11-6-8(10)9(3,4)5;1-7(2,3)9-10-8(4,5)6;1-6(2,3)9-5-4-7-8-9;1-5(2,3)4;1-4(2)3;1-2/h10H,7-9H2,1-6H3,(H2,16,17);10H2,1-9H3,(H,16,18);9-10H,8H2,1-7H3;1-9H3;10-11,13-14H,4-9H2,1-3H3;8H,7H2,1-6H3;7H,6H2,1-5H3;1-6H3;4-5H,1-3H3;1-4H3;4H,1-3H3;1-2H3. The summed E-state index contributed by atoms with van der Waals surface area (Å²) in [4.78, 5) is 103. The van der Waals surface area contributed by atoms with Crippen LogP contribution in [0.1, 0.15) is 493 Å². The second-order valence-corrected chi connectivity index (χ2v) is 68.0. The summed E-state index contributed by atoms with van der Waals surface area (Å²) < 4.78 is 8.17. The summed E-state index contributed by atoms with van der Waals surface area (Å²) in [6.45, 7) is 129. The van der Waals surface area contributed by atoms with E-state index in [4.69, 9.17) is 20.1 Å². The fourth-order valence-electron chi connectivity index (χ4n) is 13.9. The first kappa shape index (κ1) is 151. The number of ketones is 1. The Kier molecular flexibility index (Phi) is 66.4. The molecule has 0 bridgehead atoms. The molecule has 4 saturated heterocycles. The third kappa shape index (κ3) is 76.0. The molecule has 6 unspecified atom stereocenters. The number of likely N-dealkylation sites (tertiary alicyclic amines) is 3. The van der Waals surface area contributed by atoms with Crippen LogP contribution in [-0.4, -0.2) is 216 Å². The van der Waals surface area contributed by atoms with Gasteiger partial charge in [-0.05, 0) is 196 Å². The second-order valence-electron chi connectivity index (χ2n) is 57.3. The molecule has 1 aromatic rings. The lowest BCUT2D eigenvalue weighted by atomic mass is 9.75. The van der Waals surface area contributed by atoms with E-state index in [1.54, 1.807) is 48.6 Å². The molecule has 1 aromatic heterocycles. The van der Waals surface area contributed by atoms with Crippen LogP contribution in [0, 0.1) is 38.4 Å². The third-order valence-corrected chi connectivity index (χ3v) is 28.1. The van der Waals surface area contributed by atoms with E-state index in [2.05, 4.69) is 338 Å². The van der Waals surface area contributed by atoms with Crippen LogP contribution in [0.5, 0.6) is 0 Å². The van der Waals surface area contributed by atoms with Crippen LogP contribution in [0.3, 0.4) is 0 Å². The number of fused-ring (bicyclic) bond motifs is 1. The number of amidine groups is 1. The van der Waals surface area contributed by atoms with Crippen LogP contribution < -0.4 is 22.0 Å². The van der Waals surface area contributed by atoms with Crippen molar-refractivity contribution in [3.8, 4) is 0 Å². The van der Waals surface area contributed by atoms with E-state index in [0.717, 1.165) is 23.8 Å². The molecule has 5 heterocycles. The quantitative estimate of drug-likeness (QED) is 0.0417. The van der Waals surface area contributed by atoms with Crippen molar-refractivity contribution in [3.63, 3.8) is 0 Å². The van der Waals surface area contributed by atoms with Crippen LogP contribution in [0.2, 0.25) is 0 Å². The fraction of sp³-hybridized carbons (Fsp3) is 0.895. The van der Waals surface area contributed by atoms with E-state index in [-0.39, 0.29) is 140 Å². The van der Waals surface area contributed by atoms with Gasteiger partial charge in [-0.1, -0.05) is 326 Å². The Labute approximate surface area is 912 Å². The lowest BCUT2D eigenvalue weighted by Crippen LogP contribution is -2.52. The van der Waals surface area contributed by atoms with Crippen molar-refractivity contribution in [2.45, 2.75) is 596 Å². The second kappa shape index (κ2) is 63.3. The number of imide groups is 2. The Balaban J connectivity index is -0.000000370. The Bertz CT molecular complexity index is 3850. The Morgan fingerprint density at radius 1 is 0.500 bits per heavy atom. The number of hydrogen-bond donors (Lipinski definition) is 4. The molecule has 30 heteroatoms. The summed E-state index contributed by atoms with van der Waals surface area (Å²) in [5.41, 5.74) is 13.6. The number of thioether (sulfide) groups is 4. The van der Waals surface area contributed by atoms with E-state index in [9.17, 15) is 33.6 Å². The fourth-order valence-corrected chi connectivity index (χ4v) is 20.6. The van der Waals surface area contributed by atoms with E-state index in [1.165, 1.54) is 60.1 Å². The van der Waals surface area contributed by atoms with E-state index >= 15 is 0 Å². The smallest absolute Gasteiger partial charge is 0.261 e. The van der Waals surface area contributed by atoms with Crippen LogP contribution in [-0.2, 0) is 53.5 Å². The molecule has 5 N–H and O–H groups in total. The zero-order chi connectivity index (χ0) is 116. The summed E-state index contributed by atoms with van der Waals surface area (Å²) >= 11 is 6.54. The maximum Gasteiger partial charge on any atom is 0.261 e. The molecule has 0 radical (unpaired) electrons. The van der Waals surface area contributed by atoms with Crippen molar-refractivity contribution >= 4 is 127 Å². The number of carbonyl (C=O) groups is 7. The highest BCUT2D eigenvalue weighted by atomic mass is 33.1. The number of nitrogens with one attached hydrogen (secondary N) is 3. The van der Waals surface area contributed by atoms with Crippen LogP contribution in [0.4, 0.5) is 0 Å². The minimum absolute atomic E-state index is 0.00843. The van der Waals surface area contributed by atoms with Crippen molar-refractivity contribution in [1.82, 2.24) is 51.0 Å². The highest BCUT2D eigenvalue weighted by Gasteiger charge is 2.49. The van der Waals surface area contributed by atoms with Gasteiger partial charge >= 0.3 is 0 Å². The molecule has 6 atom stereocenters. The molecule has 0 aromatic carbocycles. The molecular weight excluding hydrogens is 1920 g/mol. The number of rotatable bonds is 15. The van der Waals surface area contributed by atoms with E-state index < -0.39 is 11.1 Å². The molecule has 4 aliphatic heterocycles. The average molecular weight is 2150 g/mol. The van der Waals surface area contributed by atoms with Gasteiger partial charge in [-0.2, -0.15) is 17.3 Å². The number of nitrogens with zero attached hydrogens (tertiary/aromatic N) is 10. The number of amides is 6. The molecular formula is C114H230N14O10S6. The van der Waals surface area contributed by atoms with Gasteiger partial charge in [-0.3, -0.25) is 48.4 Å². The van der Waals surface area contributed by atoms with Crippen molar-refractivity contribution in [1.29, 1.82) is 0 Å². The van der Waals surface area contributed by atoms with Gasteiger partial charge in [-0.25, -0.2) is 15.1 Å². The number of hydrogen-bond acceptors (Lipinski definition) is 24. The minimum Gasteiger partial charge on any atom is -0.390 e. The van der Waals surface area contributed by atoms with Gasteiger partial charge < -0.3 is 30.4 Å². The molecule has 1 saturated carbocycles. The van der Waals surface area contributed by atoms with Crippen LogP contribution >= 0.6 is 68.6 Å². The predicted octanol–water partition coefficient (Wildman–Crippen LogP) is 29.8. The van der Waals surface area contributed by atoms with Crippen LogP contribution in [0.15, 0.2) is 27.7 Å². The zero-order valence-corrected chi connectivity index (χ0v) is 110. The van der Waals surface area contributed by atoms with E-state index in [0.29, 0.717) is 68.2 Å². The first-order valence-electron chi connectivity index (χ1n) is 52.9. The number of ether oxygens (including phenoxy) is 1. The van der Waals surface area contributed by atoms with Gasteiger partial charge in [0.2, 0.25) is 29.5 Å². The number of hydrazine groups is 2. The first-order chi connectivity index (χ1) is 63.5. The van der Waals surface area contributed by atoms with Crippen molar-refractivity contribution in [3.05, 3.63) is 12.4 Å². The maximum absolute atomic E-state index is 12.4. The van der Waals surface area contributed by atoms with Crippen molar-refractivity contribution in [2.75, 3.05) is 25.2 Å². The number of aliphatic imine (C=N–C) groups is 1. The number of nitrogens with two attached hydrogens (primary N) is 1. The lowest BCUT2D eigenvalue weighted by Gasteiger charge is -2.37. The lowest BCUT2D eigenvalue weighted by molar-refractivity contribution is -0.145. The number of oxime groups is 2. The molecule has 6 rings (SSSR count). The molecule has 0 spiro atoms. The number of aromatic nitrogens is 3. The van der Waals surface area contributed by atoms with E-state index in [1.807, 2.05) is 176 Å². The molecule has 1 aliphatic carbocycles. The van der Waals surface area contributed by atoms with Gasteiger partial charge in [0.05, 0.1) is 56.0 Å². The Morgan fingerprint density at radius 2 is 0.889 bits per heavy atom. The van der Waals surface area contributed by atoms with Crippen LogP contribution in [0.25, 0.3) is 0 Å². The summed E-state index contributed by atoms with van der Waals surface area (Å²) in [7, 11) is 5.60.